The minimum absolute atomic E-state index is 0.204. The highest BCUT2D eigenvalue weighted by molar-refractivity contribution is 5.87. The van der Waals surface area contributed by atoms with Gasteiger partial charge >= 0.3 is 5.97 Å². The molecule has 0 bridgehead atoms. The third-order valence-electron chi connectivity index (χ3n) is 2.73. The Hall–Kier alpha value is -1.25. The van der Waals surface area contributed by atoms with E-state index in [4.69, 9.17) is 4.74 Å². The fraction of sp³-hybridized carbons (Fsp3) is 0.545. The van der Waals surface area contributed by atoms with Gasteiger partial charge < -0.3 is 9.30 Å². The van der Waals surface area contributed by atoms with E-state index in [2.05, 4.69) is 0 Å². The Kier molecular flexibility index (Phi) is 2.57. The Morgan fingerprint density at radius 3 is 3.00 bits per heavy atom. The average Bonchev–Trinajstić information content (AvgIpc) is 2.50. The molecule has 0 spiro atoms. The van der Waals surface area contributed by atoms with Crippen molar-refractivity contribution in [2.45, 2.75) is 32.2 Å². The van der Waals surface area contributed by atoms with Crippen LogP contribution in [-0.4, -0.2) is 17.1 Å². The van der Waals surface area contributed by atoms with Gasteiger partial charge in [0.15, 0.2) is 0 Å². The lowest BCUT2D eigenvalue weighted by atomic mass is 9.93. The highest BCUT2D eigenvalue weighted by Crippen LogP contribution is 2.32. The quantitative estimate of drug-likeness (QED) is 0.690. The summed E-state index contributed by atoms with van der Waals surface area (Å²) in [6.07, 6.45) is 5.60. The molecule has 1 aliphatic rings. The van der Waals surface area contributed by atoms with Crippen molar-refractivity contribution in [3.05, 3.63) is 24.0 Å². The van der Waals surface area contributed by atoms with Gasteiger partial charge in [0.1, 0.15) is 5.69 Å². The Bertz CT molecular complexity index is 326. The minimum atomic E-state index is -0.204. The molecule has 0 unspecified atom stereocenters. The molecule has 1 aliphatic carbocycles. The summed E-state index contributed by atoms with van der Waals surface area (Å²) in [4.78, 5) is 11.5. The number of hydrogen-bond acceptors (Lipinski definition) is 2. The number of hydrogen-bond donors (Lipinski definition) is 0. The van der Waals surface area contributed by atoms with E-state index >= 15 is 0 Å². The molecule has 0 radical (unpaired) electrons. The molecule has 0 aliphatic heterocycles. The van der Waals surface area contributed by atoms with Crippen LogP contribution in [0, 0.1) is 0 Å². The molecule has 0 saturated heterocycles. The molecule has 0 amide bonds. The molecule has 1 saturated carbocycles. The van der Waals surface area contributed by atoms with Gasteiger partial charge in [0, 0.05) is 12.2 Å². The predicted octanol–water partition coefficient (Wildman–Crippen LogP) is 2.39. The Morgan fingerprint density at radius 2 is 2.43 bits per heavy atom. The van der Waals surface area contributed by atoms with Crippen LogP contribution in [0.3, 0.4) is 0 Å². The zero-order valence-electron chi connectivity index (χ0n) is 8.40. The second-order valence-corrected chi connectivity index (χ2v) is 3.61. The first-order chi connectivity index (χ1) is 6.83. The number of carbonyl (C=O) groups excluding carboxylic acids is 1. The van der Waals surface area contributed by atoms with E-state index in [1.165, 1.54) is 19.3 Å². The molecule has 1 fully saturated rings. The first kappa shape index (κ1) is 9.31. The third kappa shape index (κ3) is 1.54. The number of aromatic nitrogens is 1. The van der Waals surface area contributed by atoms with Gasteiger partial charge in [-0.1, -0.05) is 0 Å². The van der Waals surface area contributed by atoms with Gasteiger partial charge in [-0.2, -0.15) is 0 Å². The predicted molar refractivity (Wildman–Crippen MR) is 53.3 cm³/mol. The smallest absolute Gasteiger partial charge is 0.354 e. The highest BCUT2D eigenvalue weighted by atomic mass is 16.5. The normalized spacial score (nSPS) is 16.4. The molecule has 0 atom stereocenters. The maximum Gasteiger partial charge on any atom is 0.354 e. The van der Waals surface area contributed by atoms with E-state index in [0.717, 1.165) is 0 Å². The molecule has 3 heteroatoms. The molecule has 76 valence electrons. The molecular weight excluding hydrogens is 178 g/mol. The van der Waals surface area contributed by atoms with Crippen LogP contribution in [0.25, 0.3) is 0 Å². The van der Waals surface area contributed by atoms with Crippen LogP contribution < -0.4 is 0 Å². The Morgan fingerprint density at radius 1 is 1.64 bits per heavy atom. The highest BCUT2D eigenvalue weighted by Gasteiger charge is 2.23. The topological polar surface area (TPSA) is 31.2 Å². The fourth-order valence-electron chi connectivity index (χ4n) is 1.76. The Balaban J connectivity index is 2.16. The Labute approximate surface area is 83.7 Å². The molecule has 14 heavy (non-hydrogen) atoms. The average molecular weight is 193 g/mol. The van der Waals surface area contributed by atoms with E-state index in [-0.39, 0.29) is 5.97 Å². The summed E-state index contributed by atoms with van der Waals surface area (Å²) in [6.45, 7) is 2.27. The van der Waals surface area contributed by atoms with Crippen molar-refractivity contribution in [2.24, 2.45) is 0 Å². The van der Waals surface area contributed by atoms with Gasteiger partial charge in [0.25, 0.3) is 0 Å². The van der Waals surface area contributed by atoms with Crippen LogP contribution in [0.5, 0.6) is 0 Å². The number of carbonyl (C=O) groups is 1. The number of rotatable bonds is 3. The van der Waals surface area contributed by atoms with Crippen molar-refractivity contribution in [2.75, 3.05) is 6.61 Å². The summed E-state index contributed by atoms with van der Waals surface area (Å²) in [7, 11) is 0. The molecular formula is C11H15NO2. The zero-order valence-corrected chi connectivity index (χ0v) is 8.40. The first-order valence-electron chi connectivity index (χ1n) is 5.17. The van der Waals surface area contributed by atoms with Crippen LogP contribution in [0.4, 0.5) is 0 Å². The lowest BCUT2D eigenvalue weighted by Gasteiger charge is -2.28. The maximum absolute atomic E-state index is 11.5. The molecule has 3 nitrogen and oxygen atoms in total. The van der Waals surface area contributed by atoms with E-state index in [9.17, 15) is 4.79 Å². The van der Waals surface area contributed by atoms with Crippen LogP contribution in [0.2, 0.25) is 0 Å². The summed E-state index contributed by atoms with van der Waals surface area (Å²) >= 11 is 0. The summed E-state index contributed by atoms with van der Waals surface area (Å²) in [6, 6.07) is 4.25. The van der Waals surface area contributed by atoms with Crippen molar-refractivity contribution < 1.29 is 9.53 Å². The van der Waals surface area contributed by atoms with Gasteiger partial charge in [-0.05, 0) is 38.3 Å². The monoisotopic (exact) mass is 193 g/mol. The van der Waals surface area contributed by atoms with E-state index in [1.807, 2.05) is 29.8 Å². The number of esters is 1. The van der Waals surface area contributed by atoms with Crippen LogP contribution >= 0.6 is 0 Å². The lowest BCUT2D eigenvalue weighted by molar-refractivity contribution is 0.0507. The van der Waals surface area contributed by atoms with Gasteiger partial charge in [-0.15, -0.1) is 0 Å². The van der Waals surface area contributed by atoms with Crippen molar-refractivity contribution >= 4 is 5.97 Å². The number of nitrogens with zero attached hydrogens (tertiary/aromatic N) is 1. The fourth-order valence-corrected chi connectivity index (χ4v) is 1.76. The van der Waals surface area contributed by atoms with E-state index in [0.29, 0.717) is 18.3 Å². The third-order valence-corrected chi connectivity index (χ3v) is 2.73. The van der Waals surface area contributed by atoms with E-state index in [1.54, 1.807) is 0 Å². The number of ether oxygens (including phenoxy) is 1. The molecule has 2 rings (SSSR count). The standard InChI is InChI=1S/C11H15NO2/c1-2-14-11(13)10-7-4-8-12(10)9-5-3-6-9/h4,7-9H,2-3,5-6H2,1H3. The maximum atomic E-state index is 11.5. The molecule has 1 aromatic rings. The van der Waals surface area contributed by atoms with Crippen LogP contribution in [-0.2, 0) is 4.74 Å². The van der Waals surface area contributed by atoms with Gasteiger partial charge in [0.2, 0.25) is 0 Å². The summed E-state index contributed by atoms with van der Waals surface area (Å²) in [5.74, 6) is -0.204. The van der Waals surface area contributed by atoms with E-state index < -0.39 is 0 Å². The SMILES string of the molecule is CCOC(=O)c1cccn1C1CCC1. The van der Waals surface area contributed by atoms with Crippen LogP contribution in [0.15, 0.2) is 18.3 Å². The molecule has 0 N–H and O–H groups in total. The summed E-state index contributed by atoms with van der Waals surface area (Å²) in [5, 5.41) is 0. The van der Waals surface area contributed by atoms with Gasteiger partial charge in [-0.3, -0.25) is 0 Å². The van der Waals surface area contributed by atoms with Crippen LogP contribution in [0.1, 0.15) is 42.7 Å². The first-order valence-corrected chi connectivity index (χ1v) is 5.17. The second-order valence-electron chi connectivity index (χ2n) is 3.61. The van der Waals surface area contributed by atoms with Gasteiger partial charge in [-0.25, -0.2) is 4.79 Å². The minimum Gasteiger partial charge on any atom is -0.461 e. The summed E-state index contributed by atoms with van der Waals surface area (Å²) < 4.78 is 7.03. The van der Waals surface area contributed by atoms with Crippen molar-refractivity contribution in [1.82, 2.24) is 4.57 Å². The largest absolute Gasteiger partial charge is 0.461 e. The summed E-state index contributed by atoms with van der Waals surface area (Å²) in [5.41, 5.74) is 0.691. The van der Waals surface area contributed by atoms with Crippen molar-refractivity contribution in [3.8, 4) is 0 Å². The molecule has 0 aromatic carbocycles. The van der Waals surface area contributed by atoms with Gasteiger partial charge in [0.05, 0.1) is 6.61 Å². The molecule has 1 aromatic heterocycles. The second kappa shape index (κ2) is 3.86. The molecule has 1 heterocycles. The lowest BCUT2D eigenvalue weighted by Crippen LogP contribution is -2.21. The zero-order chi connectivity index (χ0) is 9.97. The van der Waals surface area contributed by atoms with Crippen molar-refractivity contribution in [1.29, 1.82) is 0 Å². The van der Waals surface area contributed by atoms with Crippen molar-refractivity contribution in [3.63, 3.8) is 0 Å².